The molecule has 3 heterocycles. The molecule has 2 aliphatic heterocycles. The SMILES string of the molecule is Cc1ccc(-c2nc(COC(=O)C3CCN(S(=O)(=O)c4ccc5c(c4)OCCO5)CC3)co2)cc1. The Labute approximate surface area is 203 Å². The zero-order valence-electron chi connectivity index (χ0n) is 19.3. The number of hydrogen-bond acceptors (Lipinski definition) is 8. The average molecular weight is 499 g/mol. The maximum atomic E-state index is 13.1. The molecule has 0 bridgehead atoms. The number of carbonyl (C=O) groups is 1. The van der Waals surface area contributed by atoms with Crippen LogP contribution in [0.2, 0.25) is 0 Å². The molecule has 10 heteroatoms. The maximum absolute atomic E-state index is 13.1. The molecule has 9 nitrogen and oxygen atoms in total. The monoisotopic (exact) mass is 498 g/mol. The minimum Gasteiger partial charge on any atom is -0.486 e. The third kappa shape index (κ3) is 5.03. The van der Waals surface area contributed by atoms with Gasteiger partial charge >= 0.3 is 5.97 Å². The summed E-state index contributed by atoms with van der Waals surface area (Å²) in [6.07, 6.45) is 2.25. The molecular formula is C25H26N2O7S. The molecule has 0 radical (unpaired) electrons. The highest BCUT2D eigenvalue weighted by Crippen LogP contribution is 2.34. The van der Waals surface area contributed by atoms with Crippen molar-refractivity contribution >= 4 is 16.0 Å². The molecule has 1 fully saturated rings. The molecule has 0 spiro atoms. The number of benzene rings is 2. The van der Waals surface area contributed by atoms with Gasteiger partial charge in [0, 0.05) is 24.7 Å². The predicted octanol–water partition coefficient (Wildman–Crippen LogP) is 3.57. The second-order valence-electron chi connectivity index (χ2n) is 8.60. The van der Waals surface area contributed by atoms with E-state index in [1.807, 2.05) is 31.2 Å². The number of fused-ring (bicyclic) bond motifs is 1. The van der Waals surface area contributed by atoms with Gasteiger partial charge in [-0.2, -0.15) is 4.31 Å². The third-order valence-corrected chi connectivity index (χ3v) is 8.05. The minimum atomic E-state index is -3.70. The van der Waals surface area contributed by atoms with Crippen molar-refractivity contribution in [3.63, 3.8) is 0 Å². The van der Waals surface area contributed by atoms with Gasteiger partial charge in [0.2, 0.25) is 15.9 Å². The van der Waals surface area contributed by atoms with Crippen LogP contribution >= 0.6 is 0 Å². The van der Waals surface area contributed by atoms with Gasteiger partial charge in [-0.25, -0.2) is 13.4 Å². The fourth-order valence-corrected chi connectivity index (χ4v) is 5.62. The van der Waals surface area contributed by atoms with E-state index in [1.54, 1.807) is 6.07 Å². The van der Waals surface area contributed by atoms with Gasteiger partial charge in [0.05, 0.1) is 10.8 Å². The van der Waals surface area contributed by atoms with Crippen molar-refractivity contribution in [3.05, 3.63) is 60.0 Å². The first-order valence-electron chi connectivity index (χ1n) is 11.5. The second-order valence-corrected chi connectivity index (χ2v) is 10.5. The van der Waals surface area contributed by atoms with Gasteiger partial charge < -0.3 is 18.6 Å². The first-order chi connectivity index (χ1) is 16.9. The van der Waals surface area contributed by atoms with Gasteiger partial charge in [-0.1, -0.05) is 17.7 Å². The molecule has 0 unspecified atom stereocenters. The Kier molecular flexibility index (Phi) is 6.48. The number of carbonyl (C=O) groups excluding carboxylic acids is 1. The lowest BCUT2D eigenvalue weighted by Gasteiger charge is -2.30. The lowest BCUT2D eigenvalue weighted by Crippen LogP contribution is -2.40. The summed E-state index contributed by atoms with van der Waals surface area (Å²) in [4.78, 5) is 17.1. The van der Waals surface area contributed by atoms with E-state index < -0.39 is 10.0 Å². The molecule has 2 aliphatic rings. The van der Waals surface area contributed by atoms with Crippen LogP contribution in [-0.4, -0.2) is 50.0 Å². The van der Waals surface area contributed by atoms with Gasteiger partial charge in [-0.15, -0.1) is 0 Å². The van der Waals surface area contributed by atoms with Crippen LogP contribution < -0.4 is 9.47 Å². The van der Waals surface area contributed by atoms with Crippen LogP contribution in [-0.2, 0) is 26.2 Å². The fourth-order valence-electron chi connectivity index (χ4n) is 4.13. The van der Waals surface area contributed by atoms with Crippen LogP contribution in [0.15, 0.2) is 58.0 Å². The Bertz CT molecular complexity index is 1310. The molecule has 0 saturated carbocycles. The Balaban J connectivity index is 1.15. The molecule has 3 aromatic rings. The average Bonchev–Trinajstić information content (AvgIpc) is 3.36. The number of nitrogens with zero attached hydrogens (tertiary/aromatic N) is 2. The van der Waals surface area contributed by atoms with Crippen molar-refractivity contribution < 1.29 is 31.8 Å². The zero-order chi connectivity index (χ0) is 24.4. The van der Waals surface area contributed by atoms with E-state index in [9.17, 15) is 13.2 Å². The summed E-state index contributed by atoms with van der Waals surface area (Å²) in [6.45, 7) is 3.29. The summed E-state index contributed by atoms with van der Waals surface area (Å²) in [6, 6.07) is 12.4. The molecule has 5 rings (SSSR count). The third-order valence-electron chi connectivity index (χ3n) is 6.15. The van der Waals surface area contributed by atoms with Crippen LogP contribution in [0.3, 0.4) is 0 Å². The highest BCUT2D eigenvalue weighted by molar-refractivity contribution is 7.89. The van der Waals surface area contributed by atoms with Crippen molar-refractivity contribution in [1.29, 1.82) is 0 Å². The van der Waals surface area contributed by atoms with E-state index in [4.69, 9.17) is 18.6 Å². The van der Waals surface area contributed by atoms with Gasteiger partial charge in [0.1, 0.15) is 31.8 Å². The number of sulfonamides is 1. The molecule has 0 aliphatic carbocycles. The quantitative estimate of drug-likeness (QED) is 0.475. The Morgan fingerprint density at radius 2 is 1.77 bits per heavy atom. The van der Waals surface area contributed by atoms with Crippen LogP contribution in [0.25, 0.3) is 11.5 Å². The number of ether oxygens (including phenoxy) is 3. The van der Waals surface area contributed by atoms with Crippen LogP contribution in [0.4, 0.5) is 0 Å². The number of esters is 1. The summed E-state index contributed by atoms with van der Waals surface area (Å²) in [7, 11) is -3.70. The molecule has 35 heavy (non-hydrogen) atoms. The van der Waals surface area contributed by atoms with E-state index >= 15 is 0 Å². The predicted molar refractivity (Wildman–Crippen MR) is 125 cm³/mol. The molecule has 1 aromatic heterocycles. The van der Waals surface area contributed by atoms with Crippen molar-refractivity contribution in [3.8, 4) is 23.0 Å². The van der Waals surface area contributed by atoms with Crippen molar-refractivity contribution in [2.75, 3.05) is 26.3 Å². The van der Waals surface area contributed by atoms with Gasteiger partial charge in [0.25, 0.3) is 0 Å². The van der Waals surface area contributed by atoms with Crippen molar-refractivity contribution in [2.45, 2.75) is 31.3 Å². The molecule has 1 saturated heterocycles. The number of hydrogen-bond donors (Lipinski definition) is 0. The van der Waals surface area contributed by atoms with Gasteiger partial charge in [-0.3, -0.25) is 4.79 Å². The largest absolute Gasteiger partial charge is 0.486 e. The van der Waals surface area contributed by atoms with Crippen molar-refractivity contribution in [1.82, 2.24) is 9.29 Å². The van der Waals surface area contributed by atoms with E-state index in [0.29, 0.717) is 49.1 Å². The minimum absolute atomic E-state index is 0.00387. The first-order valence-corrected chi connectivity index (χ1v) is 12.9. The first kappa shape index (κ1) is 23.4. The smallest absolute Gasteiger partial charge is 0.309 e. The van der Waals surface area contributed by atoms with Crippen LogP contribution in [0.5, 0.6) is 11.5 Å². The van der Waals surface area contributed by atoms with Crippen LogP contribution in [0.1, 0.15) is 24.1 Å². The Hall–Kier alpha value is -3.37. The summed E-state index contributed by atoms with van der Waals surface area (Å²) in [5, 5.41) is 0. The summed E-state index contributed by atoms with van der Waals surface area (Å²) >= 11 is 0. The lowest BCUT2D eigenvalue weighted by molar-refractivity contribution is -0.151. The molecule has 184 valence electrons. The normalized spacial score (nSPS) is 16.7. The van der Waals surface area contributed by atoms with Gasteiger partial charge in [-0.05, 0) is 44.0 Å². The molecule has 0 amide bonds. The second kappa shape index (κ2) is 9.71. The van der Waals surface area contributed by atoms with E-state index in [2.05, 4.69) is 4.98 Å². The highest BCUT2D eigenvalue weighted by Gasteiger charge is 2.33. The Morgan fingerprint density at radius 1 is 1.06 bits per heavy atom. The maximum Gasteiger partial charge on any atom is 0.309 e. The van der Waals surface area contributed by atoms with E-state index in [1.165, 1.54) is 22.7 Å². The highest BCUT2D eigenvalue weighted by atomic mass is 32.2. The van der Waals surface area contributed by atoms with Gasteiger partial charge in [0.15, 0.2) is 11.5 Å². The topological polar surface area (TPSA) is 108 Å². The summed E-state index contributed by atoms with van der Waals surface area (Å²) < 4.78 is 49.5. The number of oxazole rings is 1. The standard InChI is InChI=1S/C25H26N2O7S/c1-17-2-4-18(5-3-17)24-26-20(15-33-24)16-34-25(28)19-8-10-27(11-9-19)35(29,30)21-6-7-22-23(14-21)32-13-12-31-22/h2-7,14-15,19H,8-13,16H2,1H3. The van der Waals surface area contributed by atoms with E-state index in [-0.39, 0.29) is 36.5 Å². The fraction of sp³-hybridized carbons (Fsp3) is 0.360. The number of aryl methyl sites for hydroxylation is 1. The number of rotatable bonds is 6. The number of aromatic nitrogens is 1. The molecule has 0 atom stereocenters. The van der Waals surface area contributed by atoms with E-state index in [0.717, 1.165) is 11.1 Å². The lowest BCUT2D eigenvalue weighted by atomic mass is 9.98. The summed E-state index contributed by atoms with van der Waals surface area (Å²) in [5.41, 5.74) is 2.51. The molecule has 2 aromatic carbocycles. The van der Waals surface area contributed by atoms with Crippen molar-refractivity contribution in [2.24, 2.45) is 5.92 Å². The molecule has 0 N–H and O–H groups in total. The van der Waals surface area contributed by atoms with Crippen LogP contribution in [0, 0.1) is 12.8 Å². The number of piperidine rings is 1. The molecular weight excluding hydrogens is 472 g/mol. The zero-order valence-corrected chi connectivity index (χ0v) is 20.1. The Morgan fingerprint density at radius 3 is 2.51 bits per heavy atom. The summed E-state index contributed by atoms with van der Waals surface area (Å²) in [5.74, 6) is 0.698.